The summed E-state index contributed by atoms with van der Waals surface area (Å²) < 4.78 is 22.4. The largest absolute Gasteiger partial charge is 0.420 e. The zero-order chi connectivity index (χ0) is 17.2. The van der Waals surface area contributed by atoms with E-state index < -0.39 is 5.95 Å². The number of ether oxygens (including phenoxy) is 1. The molecule has 0 radical (unpaired) electrons. The Morgan fingerprint density at radius 3 is 2.92 bits per heavy atom. The van der Waals surface area contributed by atoms with Crippen molar-refractivity contribution in [2.24, 2.45) is 0 Å². The fraction of sp³-hybridized carbons (Fsp3) is 0.188. The fourth-order valence-corrected chi connectivity index (χ4v) is 2.54. The molecule has 4 aromatic rings. The zero-order valence-corrected chi connectivity index (χ0v) is 13.4. The number of pyridine rings is 1. The smallest absolute Gasteiger partial charge is 0.229 e. The van der Waals surface area contributed by atoms with Crippen molar-refractivity contribution < 1.29 is 9.13 Å². The van der Waals surface area contributed by atoms with Crippen LogP contribution in [0, 0.1) is 5.95 Å². The SMILES string of the molecule is CCCc1c(Oc2ccnn2-c2cccc(F)n2)ncn2ncnc12. The maximum Gasteiger partial charge on any atom is 0.229 e. The standard InChI is InChI=1S/C16H14FN7O/c1-2-4-11-15-18-9-21-23(15)10-19-16(11)25-14-7-8-20-24(14)13-6-3-5-12(17)22-13/h3,5-10H,2,4H2,1H3. The molecule has 0 aromatic carbocycles. The minimum Gasteiger partial charge on any atom is -0.420 e. The van der Waals surface area contributed by atoms with E-state index in [0.717, 1.165) is 18.4 Å². The molecule has 0 spiro atoms. The highest BCUT2D eigenvalue weighted by molar-refractivity contribution is 5.51. The van der Waals surface area contributed by atoms with Crippen LogP contribution in [0.5, 0.6) is 11.8 Å². The molecule has 4 heterocycles. The van der Waals surface area contributed by atoms with Crippen LogP contribution in [0.25, 0.3) is 11.5 Å². The van der Waals surface area contributed by atoms with Gasteiger partial charge in [-0.25, -0.2) is 19.5 Å². The molecule has 4 rings (SSSR count). The zero-order valence-electron chi connectivity index (χ0n) is 13.4. The van der Waals surface area contributed by atoms with E-state index >= 15 is 0 Å². The third kappa shape index (κ3) is 2.80. The average molecular weight is 339 g/mol. The van der Waals surface area contributed by atoms with Gasteiger partial charge in [-0.1, -0.05) is 19.4 Å². The normalized spacial score (nSPS) is 11.1. The van der Waals surface area contributed by atoms with Crippen molar-refractivity contribution in [3.63, 3.8) is 0 Å². The lowest BCUT2D eigenvalue weighted by molar-refractivity contribution is 0.418. The molecule has 0 bridgehead atoms. The Balaban J connectivity index is 1.75. The lowest BCUT2D eigenvalue weighted by Gasteiger charge is -2.11. The van der Waals surface area contributed by atoms with Crippen molar-refractivity contribution in [2.75, 3.05) is 0 Å². The van der Waals surface area contributed by atoms with E-state index in [-0.39, 0.29) is 0 Å². The average Bonchev–Trinajstić information content (AvgIpc) is 3.26. The van der Waals surface area contributed by atoms with Gasteiger partial charge in [0, 0.05) is 6.07 Å². The Labute approximate surface area is 141 Å². The second-order valence-electron chi connectivity index (χ2n) is 5.31. The Morgan fingerprint density at radius 1 is 1.16 bits per heavy atom. The molecule has 0 aliphatic heterocycles. The first-order valence-electron chi connectivity index (χ1n) is 7.78. The molecule has 0 N–H and O–H groups in total. The summed E-state index contributed by atoms with van der Waals surface area (Å²) in [6, 6.07) is 6.14. The highest BCUT2D eigenvalue weighted by Crippen LogP contribution is 2.27. The molecule has 126 valence electrons. The number of aryl methyl sites for hydroxylation is 1. The van der Waals surface area contributed by atoms with Crippen LogP contribution in [0.4, 0.5) is 4.39 Å². The molecule has 9 heteroatoms. The fourth-order valence-electron chi connectivity index (χ4n) is 2.54. The predicted octanol–water partition coefficient (Wildman–Crippen LogP) is 2.59. The number of halogens is 1. The molecule has 0 aliphatic rings. The van der Waals surface area contributed by atoms with Gasteiger partial charge < -0.3 is 4.74 Å². The minimum absolute atomic E-state index is 0.320. The summed E-state index contributed by atoms with van der Waals surface area (Å²) in [5.74, 6) is 0.529. The van der Waals surface area contributed by atoms with Crippen LogP contribution in [0.3, 0.4) is 0 Å². The van der Waals surface area contributed by atoms with Gasteiger partial charge >= 0.3 is 0 Å². The summed E-state index contributed by atoms with van der Waals surface area (Å²) in [5.41, 5.74) is 1.55. The molecule has 0 unspecified atom stereocenters. The summed E-state index contributed by atoms with van der Waals surface area (Å²) in [5, 5.41) is 8.25. The van der Waals surface area contributed by atoms with E-state index in [9.17, 15) is 4.39 Å². The number of hydrogen-bond donors (Lipinski definition) is 0. The van der Waals surface area contributed by atoms with Gasteiger partial charge in [-0.2, -0.15) is 19.3 Å². The monoisotopic (exact) mass is 339 g/mol. The third-order valence-corrected chi connectivity index (χ3v) is 3.61. The number of rotatable bonds is 5. The van der Waals surface area contributed by atoms with Gasteiger partial charge in [0.1, 0.15) is 12.7 Å². The maximum atomic E-state index is 13.4. The van der Waals surface area contributed by atoms with E-state index in [1.807, 2.05) is 0 Å². The summed E-state index contributed by atoms with van der Waals surface area (Å²) in [6.07, 6.45) is 6.20. The number of fused-ring (bicyclic) bond motifs is 1. The minimum atomic E-state index is -0.589. The van der Waals surface area contributed by atoms with Crippen LogP contribution in [0.2, 0.25) is 0 Å². The van der Waals surface area contributed by atoms with Crippen molar-refractivity contribution in [2.45, 2.75) is 19.8 Å². The van der Waals surface area contributed by atoms with E-state index in [0.29, 0.717) is 23.2 Å². The Bertz CT molecular complexity index is 1030. The van der Waals surface area contributed by atoms with Crippen LogP contribution in [0.15, 0.2) is 43.1 Å². The molecule has 0 atom stereocenters. The lowest BCUT2D eigenvalue weighted by atomic mass is 10.2. The number of aromatic nitrogens is 7. The lowest BCUT2D eigenvalue weighted by Crippen LogP contribution is -2.06. The van der Waals surface area contributed by atoms with Crippen molar-refractivity contribution in [1.29, 1.82) is 0 Å². The highest BCUT2D eigenvalue weighted by Gasteiger charge is 2.16. The molecular formula is C16H14FN7O. The molecule has 4 aromatic heterocycles. The van der Waals surface area contributed by atoms with E-state index in [4.69, 9.17) is 4.74 Å². The molecule has 8 nitrogen and oxygen atoms in total. The van der Waals surface area contributed by atoms with Crippen molar-refractivity contribution in [3.05, 3.63) is 54.6 Å². The van der Waals surface area contributed by atoms with Gasteiger partial charge in [0.15, 0.2) is 11.5 Å². The van der Waals surface area contributed by atoms with Crippen molar-refractivity contribution in [1.82, 2.24) is 34.3 Å². The Kier molecular flexibility index (Phi) is 3.81. The Morgan fingerprint density at radius 2 is 2.08 bits per heavy atom. The van der Waals surface area contributed by atoms with Crippen molar-refractivity contribution in [3.8, 4) is 17.6 Å². The Hall–Kier alpha value is -3.36. The first-order chi connectivity index (χ1) is 12.3. The van der Waals surface area contributed by atoms with Crippen LogP contribution in [-0.2, 0) is 6.42 Å². The summed E-state index contributed by atoms with van der Waals surface area (Å²) in [6.45, 7) is 2.06. The van der Waals surface area contributed by atoms with Crippen LogP contribution in [-0.4, -0.2) is 34.3 Å². The highest BCUT2D eigenvalue weighted by atomic mass is 19.1. The second-order valence-corrected chi connectivity index (χ2v) is 5.31. The maximum absolute atomic E-state index is 13.4. The summed E-state index contributed by atoms with van der Waals surface area (Å²) >= 11 is 0. The van der Waals surface area contributed by atoms with Crippen LogP contribution < -0.4 is 4.74 Å². The van der Waals surface area contributed by atoms with E-state index in [1.54, 1.807) is 28.9 Å². The van der Waals surface area contributed by atoms with Gasteiger partial charge in [-0.3, -0.25) is 0 Å². The van der Waals surface area contributed by atoms with Gasteiger partial charge in [0.25, 0.3) is 0 Å². The van der Waals surface area contributed by atoms with E-state index in [2.05, 4.69) is 32.1 Å². The van der Waals surface area contributed by atoms with Crippen molar-refractivity contribution >= 4 is 5.65 Å². The molecule has 25 heavy (non-hydrogen) atoms. The number of nitrogens with zero attached hydrogens (tertiary/aromatic N) is 7. The van der Waals surface area contributed by atoms with Crippen LogP contribution >= 0.6 is 0 Å². The van der Waals surface area contributed by atoms with Gasteiger partial charge in [0.2, 0.25) is 17.7 Å². The molecule has 0 saturated carbocycles. The van der Waals surface area contributed by atoms with Gasteiger partial charge in [-0.05, 0) is 18.6 Å². The van der Waals surface area contributed by atoms with Gasteiger partial charge in [-0.15, -0.1) is 0 Å². The predicted molar refractivity (Wildman–Crippen MR) is 86.2 cm³/mol. The first kappa shape index (κ1) is 15.2. The molecule has 0 saturated heterocycles. The molecular weight excluding hydrogens is 325 g/mol. The molecule has 0 aliphatic carbocycles. The number of hydrogen-bond acceptors (Lipinski definition) is 6. The molecule has 0 amide bonds. The van der Waals surface area contributed by atoms with E-state index in [1.165, 1.54) is 23.4 Å². The molecule has 0 fully saturated rings. The second kappa shape index (κ2) is 6.27. The summed E-state index contributed by atoms with van der Waals surface area (Å²) in [7, 11) is 0. The topological polar surface area (TPSA) is 83.0 Å². The third-order valence-electron chi connectivity index (χ3n) is 3.61. The quantitative estimate of drug-likeness (QED) is 0.520. The summed E-state index contributed by atoms with van der Waals surface area (Å²) in [4.78, 5) is 12.4. The van der Waals surface area contributed by atoms with Gasteiger partial charge in [0.05, 0.1) is 11.8 Å². The van der Waals surface area contributed by atoms with Crippen LogP contribution in [0.1, 0.15) is 18.9 Å². The first-order valence-corrected chi connectivity index (χ1v) is 7.78.